The zero-order valence-corrected chi connectivity index (χ0v) is 31.9. The Hall–Kier alpha value is -5.92. The molecule has 0 bridgehead atoms. The summed E-state index contributed by atoms with van der Waals surface area (Å²) >= 11 is 0. The average molecular weight is 710 g/mol. The van der Waals surface area contributed by atoms with Crippen molar-refractivity contribution in [1.29, 1.82) is 0 Å². The second-order valence-corrected chi connectivity index (χ2v) is 16.3. The number of hydrogen-bond acceptors (Lipinski definition) is 1. The summed E-state index contributed by atoms with van der Waals surface area (Å²) in [4.78, 5) is 2.59. The highest BCUT2D eigenvalue weighted by atomic mass is 15.1. The van der Waals surface area contributed by atoms with Crippen molar-refractivity contribution in [3.8, 4) is 22.3 Å². The summed E-state index contributed by atoms with van der Waals surface area (Å²) in [7, 11) is 0. The van der Waals surface area contributed by atoms with Gasteiger partial charge in [-0.3, -0.25) is 0 Å². The Morgan fingerprint density at radius 2 is 1.04 bits per heavy atom. The van der Waals surface area contributed by atoms with Crippen LogP contribution in [0.4, 0.5) is 11.4 Å². The van der Waals surface area contributed by atoms with E-state index in [0.717, 1.165) is 6.54 Å². The highest BCUT2D eigenvalue weighted by Gasteiger charge is 2.31. The Balaban J connectivity index is 1.14. The van der Waals surface area contributed by atoms with Gasteiger partial charge < -0.3 is 4.90 Å². The van der Waals surface area contributed by atoms with Gasteiger partial charge in [0.05, 0.1) is 0 Å². The molecule has 268 valence electrons. The molecule has 2 atom stereocenters. The second-order valence-electron chi connectivity index (χ2n) is 16.3. The minimum Gasteiger partial charge on any atom is -0.340 e. The minimum absolute atomic E-state index is 0.482. The van der Waals surface area contributed by atoms with Crippen LogP contribution in [0.2, 0.25) is 0 Å². The summed E-state index contributed by atoms with van der Waals surface area (Å²) in [6.45, 7) is 5.61. The Kier molecular flexibility index (Phi) is 8.59. The zero-order valence-electron chi connectivity index (χ0n) is 31.9. The van der Waals surface area contributed by atoms with E-state index in [1.165, 1.54) is 115 Å². The number of benzene rings is 6. The number of nitrogens with zero attached hydrogens (tertiary/aromatic N) is 1. The number of allylic oxidation sites excluding steroid dienone is 2. The summed E-state index contributed by atoms with van der Waals surface area (Å²) in [6.07, 6.45) is 19.5. The lowest BCUT2D eigenvalue weighted by Crippen LogP contribution is -2.23. The Morgan fingerprint density at radius 3 is 1.64 bits per heavy atom. The lowest BCUT2D eigenvalue weighted by atomic mass is 9.73. The molecule has 2 unspecified atom stereocenters. The average Bonchev–Trinajstić information content (AvgIpc) is 3.53. The van der Waals surface area contributed by atoms with Crippen LogP contribution in [0.25, 0.3) is 63.8 Å². The van der Waals surface area contributed by atoms with Crippen molar-refractivity contribution in [2.45, 2.75) is 39.5 Å². The van der Waals surface area contributed by atoms with Crippen LogP contribution >= 0.6 is 0 Å². The van der Waals surface area contributed by atoms with E-state index < -0.39 is 0 Å². The molecule has 1 heteroatoms. The van der Waals surface area contributed by atoms with Crippen molar-refractivity contribution in [2.75, 3.05) is 11.4 Å². The Bertz CT molecular complexity index is 2520. The number of rotatable bonds is 4. The van der Waals surface area contributed by atoms with Crippen molar-refractivity contribution in [3.05, 3.63) is 184 Å². The highest BCUT2D eigenvalue weighted by Crippen LogP contribution is 2.50. The molecule has 0 saturated heterocycles. The molecule has 0 aromatic heterocycles. The summed E-state index contributed by atoms with van der Waals surface area (Å²) in [5.41, 5.74) is 20.7. The van der Waals surface area contributed by atoms with Gasteiger partial charge in [0.25, 0.3) is 0 Å². The maximum atomic E-state index is 2.59. The van der Waals surface area contributed by atoms with E-state index in [1.54, 1.807) is 0 Å². The molecule has 1 saturated carbocycles. The van der Waals surface area contributed by atoms with Crippen molar-refractivity contribution in [1.82, 2.24) is 0 Å². The largest absolute Gasteiger partial charge is 0.340 e. The summed E-state index contributed by atoms with van der Waals surface area (Å²) < 4.78 is 0. The van der Waals surface area contributed by atoms with Crippen molar-refractivity contribution < 1.29 is 0 Å². The third-order valence-electron chi connectivity index (χ3n) is 12.3. The fourth-order valence-corrected chi connectivity index (χ4v) is 9.73. The van der Waals surface area contributed by atoms with E-state index in [-0.39, 0.29) is 0 Å². The van der Waals surface area contributed by atoms with Crippen molar-refractivity contribution >= 4 is 52.9 Å². The van der Waals surface area contributed by atoms with E-state index in [4.69, 9.17) is 0 Å². The van der Waals surface area contributed by atoms with Gasteiger partial charge in [-0.05, 0) is 128 Å². The van der Waals surface area contributed by atoms with Gasteiger partial charge in [0.1, 0.15) is 0 Å². The molecule has 1 nitrogen and oxygen atoms in total. The maximum Gasteiger partial charge on any atom is 0.0491 e. The van der Waals surface area contributed by atoms with E-state index in [1.807, 2.05) is 0 Å². The van der Waals surface area contributed by atoms with Gasteiger partial charge in [-0.15, -0.1) is 0 Å². The van der Waals surface area contributed by atoms with Gasteiger partial charge in [0.15, 0.2) is 0 Å². The fourth-order valence-electron chi connectivity index (χ4n) is 9.73. The molecule has 6 aromatic rings. The van der Waals surface area contributed by atoms with Crippen molar-refractivity contribution in [3.63, 3.8) is 0 Å². The van der Waals surface area contributed by atoms with Gasteiger partial charge in [-0.25, -0.2) is 0 Å². The lowest BCUT2D eigenvalue weighted by molar-refractivity contribution is 0.349. The van der Waals surface area contributed by atoms with Gasteiger partial charge in [-0.1, -0.05) is 166 Å². The van der Waals surface area contributed by atoms with Gasteiger partial charge >= 0.3 is 0 Å². The normalized spacial score (nSPS) is 18.5. The van der Waals surface area contributed by atoms with E-state index in [2.05, 4.69) is 189 Å². The Morgan fingerprint density at radius 1 is 0.527 bits per heavy atom. The van der Waals surface area contributed by atoms with Crippen LogP contribution < -0.4 is 4.90 Å². The SMILES string of the molecule is CC(C)CN1c2ccc(C=C3c4ccccc4C=Cc4ccccc43)cc2-c2ccccc2-c2cc(C=C3c4ccccc4C=CC4CCCCC34)ccc21. The van der Waals surface area contributed by atoms with Crippen LogP contribution in [0.1, 0.15) is 84.0 Å². The highest BCUT2D eigenvalue weighted by molar-refractivity contribution is 6.03. The molecular weight excluding hydrogens is 663 g/mol. The first-order valence-electron chi connectivity index (χ1n) is 20.3. The van der Waals surface area contributed by atoms with Crippen LogP contribution in [0.3, 0.4) is 0 Å². The predicted molar refractivity (Wildman–Crippen MR) is 237 cm³/mol. The van der Waals surface area contributed by atoms with Crippen LogP contribution in [-0.2, 0) is 0 Å². The van der Waals surface area contributed by atoms with E-state index in [9.17, 15) is 0 Å². The molecule has 0 N–H and O–H groups in total. The van der Waals surface area contributed by atoms with Gasteiger partial charge in [0, 0.05) is 29.0 Å². The molecule has 55 heavy (non-hydrogen) atoms. The zero-order chi connectivity index (χ0) is 36.9. The molecule has 6 aromatic carbocycles. The Labute approximate surface area is 326 Å². The molecule has 1 heterocycles. The summed E-state index contributed by atoms with van der Waals surface area (Å²) in [5, 5.41) is 0. The number of fused-ring (bicyclic) bond motifs is 9. The molecule has 10 rings (SSSR count). The van der Waals surface area contributed by atoms with Gasteiger partial charge in [0.2, 0.25) is 0 Å². The van der Waals surface area contributed by atoms with Crippen LogP contribution in [0.5, 0.6) is 0 Å². The second kappa shape index (κ2) is 14.1. The minimum atomic E-state index is 0.482. The fraction of sp³-hybridized carbons (Fsp3) is 0.185. The summed E-state index contributed by atoms with van der Waals surface area (Å²) in [5.74, 6) is 1.64. The quantitative estimate of drug-likeness (QED) is 0.176. The third-order valence-corrected chi connectivity index (χ3v) is 12.3. The van der Waals surface area contributed by atoms with Crippen molar-refractivity contribution in [2.24, 2.45) is 17.8 Å². The third kappa shape index (κ3) is 6.13. The van der Waals surface area contributed by atoms with E-state index in [0.29, 0.717) is 17.8 Å². The first-order chi connectivity index (χ1) is 27.1. The number of hydrogen-bond donors (Lipinski definition) is 0. The molecule has 3 aliphatic carbocycles. The van der Waals surface area contributed by atoms with Crippen LogP contribution in [0, 0.1) is 17.8 Å². The molecular formula is C54H47N. The van der Waals surface area contributed by atoms with Gasteiger partial charge in [-0.2, -0.15) is 0 Å². The smallest absolute Gasteiger partial charge is 0.0491 e. The molecule has 0 amide bonds. The topological polar surface area (TPSA) is 3.24 Å². The maximum absolute atomic E-state index is 2.59. The predicted octanol–water partition coefficient (Wildman–Crippen LogP) is 14.6. The molecule has 1 aliphatic heterocycles. The standard InChI is InChI=1S/C54H47N/c1-36(2)35-55-53-29-23-37(31-49-43-17-7-3-13-39(43)25-26-40-14-4-8-18-44(40)49)33-51(53)47-21-11-12-22-48(47)52-34-38(24-30-54(52)55)32-50-45-19-9-5-15-41(45)27-28-42-16-6-10-20-46(42)50/h3-5,7-9,11-15,17-19,21-34,36,42,46H,6,10,16,20,35H2,1-2H3. The lowest BCUT2D eigenvalue weighted by Gasteiger charge is -2.31. The summed E-state index contributed by atoms with van der Waals surface area (Å²) in [6, 6.07) is 50.1. The first kappa shape index (κ1) is 33.6. The number of anilines is 2. The molecule has 0 spiro atoms. The monoisotopic (exact) mass is 709 g/mol. The first-order valence-corrected chi connectivity index (χ1v) is 20.3. The molecule has 4 aliphatic rings. The van der Waals surface area contributed by atoms with Crippen LogP contribution in [-0.4, -0.2) is 6.54 Å². The molecule has 0 radical (unpaired) electrons. The van der Waals surface area contributed by atoms with Crippen LogP contribution in [0.15, 0.2) is 140 Å². The van der Waals surface area contributed by atoms with E-state index >= 15 is 0 Å². The molecule has 1 fully saturated rings.